The zero-order valence-corrected chi connectivity index (χ0v) is 18.1. The van der Waals surface area contributed by atoms with E-state index in [2.05, 4.69) is 43.0 Å². The van der Waals surface area contributed by atoms with Crippen molar-refractivity contribution in [2.75, 3.05) is 19.7 Å². The van der Waals surface area contributed by atoms with E-state index in [1.807, 2.05) is 18.2 Å². The van der Waals surface area contributed by atoms with E-state index in [4.69, 9.17) is 27.9 Å². The Balaban J connectivity index is 1.66. The summed E-state index contributed by atoms with van der Waals surface area (Å²) < 4.78 is 5.76. The van der Waals surface area contributed by atoms with Gasteiger partial charge < -0.3 is 9.84 Å². The van der Waals surface area contributed by atoms with Gasteiger partial charge in [0.2, 0.25) is 0 Å². The molecule has 1 aliphatic rings. The van der Waals surface area contributed by atoms with Gasteiger partial charge >= 0.3 is 0 Å². The van der Waals surface area contributed by atoms with Crippen molar-refractivity contribution in [3.63, 3.8) is 0 Å². The molecule has 1 fully saturated rings. The van der Waals surface area contributed by atoms with Gasteiger partial charge in [-0.25, -0.2) is 0 Å². The first-order valence-corrected chi connectivity index (χ1v) is 10.7. The van der Waals surface area contributed by atoms with Gasteiger partial charge in [-0.1, -0.05) is 67.4 Å². The molecule has 0 amide bonds. The van der Waals surface area contributed by atoms with Gasteiger partial charge in [0.1, 0.15) is 0 Å². The maximum Gasteiger partial charge on any atom is 0.156 e. The Morgan fingerprint density at radius 2 is 1.79 bits per heavy atom. The normalized spacial score (nSPS) is 20.5. The van der Waals surface area contributed by atoms with E-state index in [0.29, 0.717) is 28.3 Å². The van der Waals surface area contributed by atoms with Gasteiger partial charge in [-0.3, -0.25) is 4.90 Å². The molecule has 1 saturated heterocycles. The lowest BCUT2D eigenvalue weighted by molar-refractivity contribution is 0.0239. The van der Waals surface area contributed by atoms with Crippen molar-refractivity contribution in [2.24, 2.45) is 11.8 Å². The fraction of sp³-hybridized carbons (Fsp3) is 0.478. The van der Waals surface area contributed by atoms with E-state index in [1.54, 1.807) is 0 Å². The molecule has 152 valence electrons. The Morgan fingerprint density at radius 3 is 2.43 bits per heavy atom. The lowest BCUT2D eigenvalue weighted by Gasteiger charge is -2.36. The van der Waals surface area contributed by atoms with Gasteiger partial charge in [0, 0.05) is 25.6 Å². The highest BCUT2D eigenvalue weighted by molar-refractivity contribution is 6.37. The number of hydrogen-bond donors (Lipinski definition) is 1. The van der Waals surface area contributed by atoms with Crippen molar-refractivity contribution in [1.29, 1.82) is 0 Å². The maximum absolute atomic E-state index is 10.5. The summed E-state index contributed by atoms with van der Waals surface area (Å²) in [4.78, 5) is 2.41. The van der Waals surface area contributed by atoms with Gasteiger partial charge in [0.25, 0.3) is 0 Å². The van der Waals surface area contributed by atoms with Crippen LogP contribution in [-0.2, 0) is 13.0 Å². The molecule has 0 spiro atoms. The van der Waals surface area contributed by atoms with Crippen LogP contribution in [0.3, 0.4) is 0 Å². The molecule has 2 unspecified atom stereocenters. The van der Waals surface area contributed by atoms with Gasteiger partial charge in [0.05, 0.1) is 22.8 Å². The molecule has 28 heavy (non-hydrogen) atoms. The number of rotatable bonds is 7. The van der Waals surface area contributed by atoms with Gasteiger partial charge in [-0.15, -0.1) is 0 Å². The average molecular weight is 422 g/mol. The highest BCUT2D eigenvalue weighted by atomic mass is 35.5. The number of likely N-dealkylation sites (tertiary alicyclic amines) is 1. The number of hydrogen-bond acceptors (Lipinski definition) is 3. The number of benzene rings is 2. The molecule has 1 aliphatic heterocycles. The molecule has 0 saturated carbocycles. The Labute approximate surface area is 178 Å². The molecule has 1 N–H and O–H groups in total. The minimum Gasteiger partial charge on any atom is -0.490 e. The van der Waals surface area contributed by atoms with Crippen molar-refractivity contribution in [2.45, 2.75) is 39.3 Å². The Bertz CT molecular complexity index is 743. The third-order valence-corrected chi connectivity index (χ3v) is 5.71. The minimum atomic E-state index is -0.304. The first kappa shape index (κ1) is 21.4. The third-order valence-electron chi connectivity index (χ3n) is 5.14. The summed E-state index contributed by atoms with van der Waals surface area (Å²) in [5, 5.41) is 11.6. The molecule has 2 aromatic carbocycles. The van der Waals surface area contributed by atoms with Crippen LogP contribution in [0.15, 0.2) is 42.5 Å². The topological polar surface area (TPSA) is 32.7 Å². The second-order valence-corrected chi connectivity index (χ2v) is 8.95. The lowest BCUT2D eigenvalue weighted by Crippen LogP contribution is -2.43. The summed E-state index contributed by atoms with van der Waals surface area (Å²) in [5.74, 6) is 1.11. The molecule has 0 bridgehead atoms. The second kappa shape index (κ2) is 9.98. The van der Waals surface area contributed by atoms with E-state index < -0.39 is 0 Å². The summed E-state index contributed by atoms with van der Waals surface area (Å²) in [6.07, 6.45) is 1.23. The van der Waals surface area contributed by atoms with Crippen LogP contribution in [0, 0.1) is 11.8 Å². The van der Waals surface area contributed by atoms with Crippen molar-refractivity contribution < 1.29 is 9.84 Å². The van der Waals surface area contributed by atoms with E-state index in [1.165, 1.54) is 5.56 Å². The van der Waals surface area contributed by atoms with Crippen LogP contribution in [0.2, 0.25) is 10.0 Å². The number of ether oxygens (including phenoxy) is 1. The SMILES string of the molecule is CC(C)COc1c(Cl)cc(CC2CN(Cc3ccccc3)CCC2O)cc1Cl. The van der Waals surface area contributed by atoms with Crippen LogP contribution in [0.25, 0.3) is 0 Å². The Morgan fingerprint density at radius 1 is 1.11 bits per heavy atom. The fourth-order valence-electron chi connectivity index (χ4n) is 3.70. The molecule has 3 rings (SSSR count). The summed E-state index contributed by atoms with van der Waals surface area (Å²) in [6.45, 7) is 7.43. The summed E-state index contributed by atoms with van der Waals surface area (Å²) in [7, 11) is 0. The smallest absolute Gasteiger partial charge is 0.156 e. The van der Waals surface area contributed by atoms with E-state index in [9.17, 15) is 5.11 Å². The number of piperidine rings is 1. The largest absolute Gasteiger partial charge is 0.490 e. The first-order valence-electron chi connectivity index (χ1n) is 9.97. The Hall–Kier alpha value is -1.26. The number of aliphatic hydroxyl groups is 1. The number of halogens is 2. The standard InChI is InChI=1S/C23H29Cl2NO2/c1-16(2)15-28-23-20(24)11-18(12-21(23)25)10-19-14-26(9-8-22(19)27)13-17-6-4-3-5-7-17/h3-7,11-12,16,19,22,27H,8-10,13-15H2,1-2H3. The predicted molar refractivity (Wildman–Crippen MR) is 116 cm³/mol. The first-order chi connectivity index (χ1) is 13.4. The van der Waals surface area contributed by atoms with Crippen LogP contribution in [0.4, 0.5) is 0 Å². The molecular weight excluding hydrogens is 393 g/mol. The van der Waals surface area contributed by atoms with Crippen LogP contribution >= 0.6 is 23.2 Å². The molecule has 3 nitrogen and oxygen atoms in total. The number of nitrogens with zero attached hydrogens (tertiary/aromatic N) is 1. The molecule has 0 aliphatic carbocycles. The average Bonchev–Trinajstić information content (AvgIpc) is 2.64. The fourth-order valence-corrected chi connectivity index (χ4v) is 4.34. The molecule has 2 atom stereocenters. The lowest BCUT2D eigenvalue weighted by atomic mass is 9.88. The number of aliphatic hydroxyl groups excluding tert-OH is 1. The van der Waals surface area contributed by atoms with Gasteiger partial charge in [-0.2, -0.15) is 0 Å². The molecule has 1 heterocycles. The molecule has 0 radical (unpaired) electrons. The molecular formula is C23H29Cl2NO2. The molecule has 5 heteroatoms. The Kier molecular flexibility index (Phi) is 7.64. The van der Waals surface area contributed by atoms with Crippen molar-refractivity contribution in [3.05, 3.63) is 63.6 Å². The van der Waals surface area contributed by atoms with E-state index >= 15 is 0 Å². The quantitative estimate of drug-likeness (QED) is 0.644. The zero-order chi connectivity index (χ0) is 20.1. The summed E-state index contributed by atoms with van der Waals surface area (Å²) in [5.41, 5.74) is 2.34. The predicted octanol–water partition coefficient (Wildman–Crippen LogP) is 5.45. The van der Waals surface area contributed by atoms with Crippen molar-refractivity contribution in [3.8, 4) is 5.75 Å². The summed E-state index contributed by atoms with van der Waals surface area (Å²) >= 11 is 12.9. The molecule has 0 aromatic heterocycles. The monoisotopic (exact) mass is 421 g/mol. The third kappa shape index (κ3) is 5.87. The van der Waals surface area contributed by atoms with Crippen LogP contribution in [0.1, 0.15) is 31.4 Å². The highest BCUT2D eigenvalue weighted by Gasteiger charge is 2.28. The van der Waals surface area contributed by atoms with Gasteiger partial charge in [-0.05, 0) is 42.0 Å². The highest BCUT2D eigenvalue weighted by Crippen LogP contribution is 2.36. The van der Waals surface area contributed by atoms with Crippen molar-refractivity contribution >= 4 is 23.2 Å². The zero-order valence-electron chi connectivity index (χ0n) is 16.6. The van der Waals surface area contributed by atoms with Crippen molar-refractivity contribution in [1.82, 2.24) is 4.90 Å². The van der Waals surface area contributed by atoms with Crippen LogP contribution in [-0.4, -0.2) is 35.8 Å². The maximum atomic E-state index is 10.5. The van der Waals surface area contributed by atoms with E-state index in [-0.39, 0.29) is 12.0 Å². The van der Waals surface area contributed by atoms with Gasteiger partial charge in [0.15, 0.2) is 5.75 Å². The van der Waals surface area contributed by atoms with Crippen LogP contribution < -0.4 is 4.74 Å². The summed E-state index contributed by atoms with van der Waals surface area (Å²) in [6, 6.07) is 14.3. The van der Waals surface area contributed by atoms with E-state index in [0.717, 1.165) is 38.0 Å². The second-order valence-electron chi connectivity index (χ2n) is 8.13. The molecule has 2 aromatic rings. The minimum absolute atomic E-state index is 0.159. The van der Waals surface area contributed by atoms with Crippen LogP contribution in [0.5, 0.6) is 5.75 Å².